The van der Waals surface area contributed by atoms with E-state index < -0.39 is 12.2 Å². The molecule has 0 aliphatic carbocycles. The lowest BCUT2D eigenvalue weighted by Gasteiger charge is -2.33. The van der Waals surface area contributed by atoms with Crippen LogP contribution in [-0.2, 0) is 0 Å². The maximum absolute atomic E-state index is 12.7. The summed E-state index contributed by atoms with van der Waals surface area (Å²) in [5.74, 6) is -0.155. The summed E-state index contributed by atoms with van der Waals surface area (Å²) in [4.78, 5) is 13.8. The fourth-order valence-electron chi connectivity index (χ4n) is 2.94. The number of halogens is 3. The van der Waals surface area contributed by atoms with Gasteiger partial charge in [-0.05, 0) is 30.0 Å². The summed E-state index contributed by atoms with van der Waals surface area (Å²) in [7, 11) is 0. The standard InChI is InChI=1S/C14H12F3NO/c15-14(16,17)8-11-9-4-1-2-5-10(9)13(19)18-7-3-6-12(11)18/h1-2,4-5,8,12H,3,6-7H2/b11-8+/t12-/m0/s1. The van der Waals surface area contributed by atoms with Crippen molar-refractivity contribution in [2.24, 2.45) is 0 Å². The number of nitrogens with zero attached hydrogens (tertiary/aromatic N) is 1. The number of rotatable bonds is 0. The van der Waals surface area contributed by atoms with E-state index in [2.05, 4.69) is 0 Å². The lowest BCUT2D eigenvalue weighted by molar-refractivity contribution is -0.0796. The molecule has 19 heavy (non-hydrogen) atoms. The highest BCUT2D eigenvalue weighted by atomic mass is 19.4. The molecule has 1 aromatic rings. The third kappa shape index (κ3) is 2.03. The number of benzene rings is 1. The third-order valence-corrected chi connectivity index (χ3v) is 3.66. The van der Waals surface area contributed by atoms with Gasteiger partial charge in [0.05, 0.1) is 6.04 Å². The predicted octanol–water partition coefficient (Wildman–Crippen LogP) is 3.25. The molecule has 0 N–H and O–H groups in total. The fraction of sp³-hybridized carbons (Fsp3) is 0.357. The highest BCUT2D eigenvalue weighted by molar-refractivity contribution is 6.04. The quantitative estimate of drug-likeness (QED) is 0.706. The minimum atomic E-state index is -4.36. The van der Waals surface area contributed by atoms with Crippen molar-refractivity contribution in [2.45, 2.75) is 25.1 Å². The van der Waals surface area contributed by atoms with Crippen molar-refractivity contribution in [3.8, 4) is 0 Å². The third-order valence-electron chi connectivity index (χ3n) is 3.66. The van der Waals surface area contributed by atoms with Gasteiger partial charge in [0.2, 0.25) is 0 Å². The van der Waals surface area contributed by atoms with Crippen LogP contribution in [0, 0.1) is 0 Å². The van der Waals surface area contributed by atoms with Crippen LogP contribution in [0.2, 0.25) is 0 Å². The number of carbonyl (C=O) groups excluding carboxylic acids is 1. The zero-order valence-corrected chi connectivity index (χ0v) is 10.1. The summed E-state index contributed by atoms with van der Waals surface area (Å²) in [6.45, 7) is 0.535. The van der Waals surface area contributed by atoms with Gasteiger partial charge in [0.15, 0.2) is 0 Å². The molecule has 0 spiro atoms. The summed E-state index contributed by atoms with van der Waals surface area (Å²) >= 11 is 0. The van der Waals surface area contributed by atoms with E-state index in [1.54, 1.807) is 29.2 Å². The van der Waals surface area contributed by atoms with Crippen LogP contribution in [0.3, 0.4) is 0 Å². The molecule has 5 heteroatoms. The van der Waals surface area contributed by atoms with E-state index in [0.29, 0.717) is 30.2 Å². The number of amides is 1. The Morgan fingerprint density at radius 3 is 2.58 bits per heavy atom. The molecule has 1 atom stereocenters. The molecular weight excluding hydrogens is 255 g/mol. The van der Waals surface area contributed by atoms with Crippen molar-refractivity contribution in [2.75, 3.05) is 6.54 Å². The number of fused-ring (bicyclic) bond motifs is 2. The predicted molar refractivity (Wildman–Crippen MR) is 64.5 cm³/mol. The Labute approximate surface area is 108 Å². The molecule has 2 heterocycles. The summed E-state index contributed by atoms with van der Waals surface area (Å²) in [5, 5.41) is 0. The van der Waals surface area contributed by atoms with Crippen LogP contribution in [-0.4, -0.2) is 29.6 Å². The van der Waals surface area contributed by atoms with E-state index in [1.165, 1.54) is 0 Å². The van der Waals surface area contributed by atoms with Crippen molar-refractivity contribution in [1.82, 2.24) is 4.90 Å². The molecule has 0 bridgehead atoms. The Morgan fingerprint density at radius 2 is 1.89 bits per heavy atom. The molecule has 0 radical (unpaired) electrons. The Bertz CT molecular complexity index is 562. The molecule has 2 aliphatic heterocycles. The average molecular weight is 267 g/mol. The molecule has 1 fully saturated rings. The second kappa shape index (κ2) is 4.11. The zero-order chi connectivity index (χ0) is 13.6. The largest absolute Gasteiger partial charge is 0.410 e. The first-order valence-electron chi connectivity index (χ1n) is 6.17. The van der Waals surface area contributed by atoms with Gasteiger partial charge in [0.1, 0.15) is 0 Å². The molecule has 1 aromatic carbocycles. The van der Waals surface area contributed by atoms with Crippen molar-refractivity contribution < 1.29 is 18.0 Å². The summed E-state index contributed by atoms with van der Waals surface area (Å²) in [5.41, 5.74) is 1.02. The topological polar surface area (TPSA) is 20.3 Å². The first-order chi connectivity index (χ1) is 8.97. The van der Waals surface area contributed by atoms with Gasteiger partial charge < -0.3 is 4.90 Å². The number of carbonyl (C=O) groups is 1. The summed E-state index contributed by atoms with van der Waals surface area (Å²) in [6.07, 6.45) is -2.67. The molecule has 2 aliphatic rings. The molecule has 0 saturated carbocycles. The second-order valence-corrected chi connectivity index (χ2v) is 4.84. The molecule has 2 nitrogen and oxygen atoms in total. The fourth-order valence-corrected chi connectivity index (χ4v) is 2.94. The Hall–Kier alpha value is -1.78. The number of allylic oxidation sites excluding steroid dienone is 1. The van der Waals surface area contributed by atoms with Gasteiger partial charge in [0.25, 0.3) is 5.91 Å². The minimum absolute atomic E-state index is 0.155. The SMILES string of the molecule is O=C1c2ccccc2/C(=C\C(F)(F)F)[C@@H]2CCCN12. The zero-order valence-electron chi connectivity index (χ0n) is 10.1. The molecular formula is C14H12F3NO. The van der Waals surface area contributed by atoms with Crippen LogP contribution in [0.15, 0.2) is 30.3 Å². The number of hydrogen-bond acceptors (Lipinski definition) is 1. The van der Waals surface area contributed by atoms with E-state index in [9.17, 15) is 18.0 Å². The van der Waals surface area contributed by atoms with Gasteiger partial charge in [-0.15, -0.1) is 0 Å². The molecule has 3 rings (SSSR count). The van der Waals surface area contributed by atoms with Crippen molar-refractivity contribution in [1.29, 1.82) is 0 Å². The average Bonchev–Trinajstić information content (AvgIpc) is 2.82. The summed E-state index contributed by atoms with van der Waals surface area (Å²) in [6, 6.07) is 6.11. The summed E-state index contributed by atoms with van der Waals surface area (Å²) < 4.78 is 38.1. The van der Waals surface area contributed by atoms with E-state index in [-0.39, 0.29) is 11.5 Å². The van der Waals surface area contributed by atoms with Gasteiger partial charge in [-0.2, -0.15) is 13.2 Å². The van der Waals surface area contributed by atoms with Crippen LogP contribution in [0.5, 0.6) is 0 Å². The van der Waals surface area contributed by atoms with Crippen LogP contribution >= 0.6 is 0 Å². The van der Waals surface area contributed by atoms with Gasteiger partial charge in [-0.1, -0.05) is 18.2 Å². The van der Waals surface area contributed by atoms with Gasteiger partial charge >= 0.3 is 6.18 Å². The molecule has 1 amide bonds. The van der Waals surface area contributed by atoms with Gasteiger partial charge in [0, 0.05) is 18.2 Å². The molecule has 0 aromatic heterocycles. The number of alkyl halides is 3. The number of hydrogen-bond donors (Lipinski definition) is 0. The van der Waals surface area contributed by atoms with Crippen LogP contribution in [0.1, 0.15) is 28.8 Å². The van der Waals surface area contributed by atoms with E-state index in [4.69, 9.17) is 0 Å². The van der Waals surface area contributed by atoms with Crippen LogP contribution in [0.4, 0.5) is 13.2 Å². The highest BCUT2D eigenvalue weighted by Gasteiger charge is 2.40. The lowest BCUT2D eigenvalue weighted by atomic mass is 9.88. The Morgan fingerprint density at radius 1 is 1.21 bits per heavy atom. The maximum atomic E-state index is 12.7. The minimum Gasteiger partial charge on any atom is -0.332 e. The van der Waals surface area contributed by atoms with Crippen molar-refractivity contribution in [3.63, 3.8) is 0 Å². The van der Waals surface area contributed by atoms with Gasteiger partial charge in [-0.25, -0.2) is 0 Å². The van der Waals surface area contributed by atoms with Crippen molar-refractivity contribution in [3.05, 3.63) is 41.5 Å². The molecule has 1 saturated heterocycles. The first-order valence-corrected chi connectivity index (χ1v) is 6.17. The maximum Gasteiger partial charge on any atom is 0.410 e. The second-order valence-electron chi connectivity index (χ2n) is 4.84. The van der Waals surface area contributed by atoms with E-state index >= 15 is 0 Å². The van der Waals surface area contributed by atoms with Crippen molar-refractivity contribution >= 4 is 11.5 Å². The molecule has 100 valence electrons. The Kier molecular flexibility index (Phi) is 2.66. The Balaban J connectivity index is 2.19. The molecule has 0 unspecified atom stereocenters. The van der Waals surface area contributed by atoms with E-state index in [1.807, 2.05) is 0 Å². The van der Waals surface area contributed by atoms with Crippen LogP contribution < -0.4 is 0 Å². The lowest BCUT2D eigenvalue weighted by Crippen LogP contribution is -2.41. The van der Waals surface area contributed by atoms with E-state index in [0.717, 1.165) is 6.42 Å². The first kappa shape index (κ1) is 12.3. The normalized spacial score (nSPS) is 24.6. The smallest absolute Gasteiger partial charge is 0.332 e. The van der Waals surface area contributed by atoms with Gasteiger partial charge in [-0.3, -0.25) is 4.79 Å². The highest BCUT2D eigenvalue weighted by Crippen LogP contribution is 2.39. The monoisotopic (exact) mass is 267 g/mol. The van der Waals surface area contributed by atoms with Crippen LogP contribution in [0.25, 0.3) is 5.57 Å².